The Bertz CT molecular complexity index is 1230. The van der Waals surface area contributed by atoms with Crippen LogP contribution >= 0.6 is 68.4 Å². The summed E-state index contributed by atoms with van der Waals surface area (Å²) in [5, 5.41) is 12.7. The lowest BCUT2D eigenvalue weighted by molar-refractivity contribution is -0.112. The Morgan fingerprint density at radius 2 is 1.81 bits per heavy atom. The van der Waals surface area contributed by atoms with Crippen molar-refractivity contribution in [1.82, 2.24) is 0 Å². The summed E-state index contributed by atoms with van der Waals surface area (Å²) >= 11 is 16.5. The van der Waals surface area contributed by atoms with E-state index in [4.69, 9.17) is 27.9 Å². The first-order valence-corrected chi connectivity index (χ1v) is 12.2. The van der Waals surface area contributed by atoms with E-state index in [0.29, 0.717) is 22.9 Å². The standard InChI is InChI=1S/C24H16Cl2I2N2O2/c1-14-4-2-5-15(8-14)13-32-23-19(27)10-16(11-20(23)28)9-17(12-29)24(31)30-21-7-3-6-18(25)22(21)26/h2-11H,13H2,1H3,(H,30,31)/b17-9-. The van der Waals surface area contributed by atoms with Crippen LogP contribution in [0.1, 0.15) is 16.7 Å². The number of anilines is 1. The molecule has 0 aromatic heterocycles. The van der Waals surface area contributed by atoms with Crippen LogP contribution < -0.4 is 10.1 Å². The predicted octanol–water partition coefficient (Wildman–Crippen LogP) is 7.64. The number of nitriles is 1. The molecule has 3 aromatic carbocycles. The predicted molar refractivity (Wildman–Crippen MR) is 146 cm³/mol. The van der Waals surface area contributed by atoms with Crippen molar-refractivity contribution >= 4 is 86.1 Å². The SMILES string of the molecule is Cc1cccc(COc2c(I)cc(/C=C(/C#N)C(=O)Nc3cccc(Cl)c3Cl)cc2I)c1. The lowest BCUT2D eigenvalue weighted by atomic mass is 10.1. The van der Waals surface area contributed by atoms with E-state index in [9.17, 15) is 10.1 Å². The molecule has 0 saturated carbocycles. The van der Waals surface area contributed by atoms with Gasteiger partial charge < -0.3 is 10.1 Å². The first kappa shape index (κ1) is 24.8. The Labute approximate surface area is 223 Å². The van der Waals surface area contributed by atoms with Gasteiger partial charge in [0.1, 0.15) is 24.0 Å². The van der Waals surface area contributed by atoms with Crippen LogP contribution in [-0.4, -0.2) is 5.91 Å². The average Bonchev–Trinajstić information content (AvgIpc) is 2.74. The zero-order chi connectivity index (χ0) is 23.3. The van der Waals surface area contributed by atoms with Crippen molar-refractivity contribution in [3.05, 3.63) is 94.0 Å². The minimum Gasteiger partial charge on any atom is -0.487 e. The fourth-order valence-corrected chi connectivity index (χ4v) is 5.34. The molecule has 0 unspecified atom stereocenters. The summed E-state index contributed by atoms with van der Waals surface area (Å²) in [7, 11) is 0. The molecule has 0 saturated heterocycles. The number of carbonyl (C=O) groups is 1. The van der Waals surface area contributed by atoms with E-state index in [1.54, 1.807) is 18.2 Å². The second kappa shape index (κ2) is 11.4. The van der Waals surface area contributed by atoms with Gasteiger partial charge in [0.05, 0.1) is 22.9 Å². The maximum absolute atomic E-state index is 12.6. The lowest BCUT2D eigenvalue weighted by Crippen LogP contribution is -2.13. The van der Waals surface area contributed by atoms with E-state index in [0.717, 1.165) is 18.5 Å². The number of ether oxygens (including phenoxy) is 1. The molecule has 0 bridgehead atoms. The molecule has 8 heteroatoms. The number of benzene rings is 3. The monoisotopic (exact) mass is 688 g/mol. The Morgan fingerprint density at radius 1 is 1.12 bits per heavy atom. The smallest absolute Gasteiger partial charge is 0.266 e. The summed E-state index contributed by atoms with van der Waals surface area (Å²) in [6.45, 7) is 2.50. The second-order valence-corrected chi connectivity index (χ2v) is 9.93. The summed E-state index contributed by atoms with van der Waals surface area (Å²) in [5.74, 6) is 0.194. The molecular formula is C24H16Cl2I2N2O2. The van der Waals surface area contributed by atoms with Crippen molar-refractivity contribution in [3.63, 3.8) is 0 Å². The van der Waals surface area contributed by atoms with Crippen molar-refractivity contribution in [1.29, 1.82) is 5.26 Å². The van der Waals surface area contributed by atoms with Gasteiger partial charge in [-0.25, -0.2) is 0 Å². The highest BCUT2D eigenvalue weighted by atomic mass is 127. The average molecular weight is 689 g/mol. The summed E-state index contributed by atoms with van der Waals surface area (Å²) in [6, 6.07) is 18.7. The third-order valence-electron chi connectivity index (χ3n) is 4.36. The van der Waals surface area contributed by atoms with Gasteiger partial charge in [0.2, 0.25) is 0 Å². The maximum Gasteiger partial charge on any atom is 0.266 e. The third kappa shape index (κ3) is 6.38. The van der Waals surface area contributed by atoms with Gasteiger partial charge in [0.25, 0.3) is 5.91 Å². The van der Waals surface area contributed by atoms with Gasteiger partial charge in [0, 0.05) is 0 Å². The van der Waals surface area contributed by atoms with Crippen LogP contribution in [0.15, 0.2) is 60.2 Å². The Morgan fingerprint density at radius 3 is 2.47 bits per heavy atom. The highest BCUT2D eigenvalue weighted by Gasteiger charge is 2.14. The molecule has 162 valence electrons. The molecule has 0 spiro atoms. The number of aryl methyl sites for hydroxylation is 1. The van der Waals surface area contributed by atoms with Crippen molar-refractivity contribution in [2.75, 3.05) is 5.32 Å². The Hall–Kier alpha value is -1.80. The van der Waals surface area contributed by atoms with Crippen molar-refractivity contribution < 1.29 is 9.53 Å². The normalized spacial score (nSPS) is 11.1. The Balaban J connectivity index is 1.79. The molecule has 0 radical (unpaired) electrons. The topological polar surface area (TPSA) is 62.1 Å². The number of hydrogen-bond acceptors (Lipinski definition) is 3. The largest absolute Gasteiger partial charge is 0.487 e. The molecule has 1 amide bonds. The van der Waals surface area contributed by atoms with Crippen molar-refractivity contribution in [2.24, 2.45) is 0 Å². The lowest BCUT2D eigenvalue weighted by Gasteiger charge is -2.12. The van der Waals surface area contributed by atoms with Crippen LogP contribution in [0, 0.1) is 25.4 Å². The molecule has 0 aliphatic heterocycles. The fourth-order valence-electron chi connectivity index (χ4n) is 2.86. The molecule has 4 nitrogen and oxygen atoms in total. The Kier molecular flexibility index (Phi) is 8.82. The highest BCUT2D eigenvalue weighted by molar-refractivity contribution is 14.1. The van der Waals surface area contributed by atoms with E-state index < -0.39 is 5.91 Å². The van der Waals surface area contributed by atoms with E-state index in [2.05, 4.69) is 56.6 Å². The quantitative estimate of drug-likeness (QED) is 0.165. The molecular weight excluding hydrogens is 673 g/mol. The van der Waals surface area contributed by atoms with Gasteiger partial charge in [-0.15, -0.1) is 0 Å². The number of hydrogen-bond donors (Lipinski definition) is 1. The van der Waals surface area contributed by atoms with Crippen LogP contribution in [0.5, 0.6) is 5.75 Å². The van der Waals surface area contributed by atoms with Crippen LogP contribution in [0.3, 0.4) is 0 Å². The third-order valence-corrected chi connectivity index (χ3v) is 6.78. The molecule has 0 atom stereocenters. The summed E-state index contributed by atoms with van der Waals surface area (Å²) in [6.07, 6.45) is 1.53. The zero-order valence-corrected chi connectivity index (χ0v) is 22.6. The number of halogens is 4. The van der Waals surface area contributed by atoms with E-state index in [1.165, 1.54) is 11.6 Å². The molecule has 0 fully saturated rings. The van der Waals surface area contributed by atoms with E-state index >= 15 is 0 Å². The zero-order valence-electron chi connectivity index (χ0n) is 16.8. The second-order valence-electron chi connectivity index (χ2n) is 6.82. The number of carbonyl (C=O) groups excluding carboxylic acids is 1. The van der Waals surface area contributed by atoms with Gasteiger partial charge in [-0.1, -0.05) is 59.1 Å². The highest BCUT2D eigenvalue weighted by Crippen LogP contribution is 2.32. The molecule has 1 N–H and O–H groups in total. The van der Waals surface area contributed by atoms with E-state index in [1.807, 2.05) is 43.3 Å². The van der Waals surface area contributed by atoms with Gasteiger partial charge in [0.15, 0.2) is 0 Å². The molecule has 0 aliphatic rings. The molecule has 0 aliphatic carbocycles. The maximum atomic E-state index is 12.6. The summed E-state index contributed by atoms with van der Waals surface area (Å²) in [5.41, 5.74) is 3.27. The first-order chi connectivity index (χ1) is 15.3. The molecule has 3 aromatic rings. The van der Waals surface area contributed by atoms with Crippen LogP contribution in [0.4, 0.5) is 5.69 Å². The van der Waals surface area contributed by atoms with Crippen LogP contribution in [0.25, 0.3) is 6.08 Å². The molecule has 32 heavy (non-hydrogen) atoms. The van der Waals surface area contributed by atoms with Crippen LogP contribution in [-0.2, 0) is 11.4 Å². The van der Waals surface area contributed by atoms with E-state index in [-0.39, 0.29) is 10.6 Å². The fraction of sp³-hybridized carbons (Fsp3) is 0.0833. The summed E-state index contributed by atoms with van der Waals surface area (Å²) < 4.78 is 7.80. The van der Waals surface area contributed by atoms with Gasteiger partial charge in [-0.3, -0.25) is 4.79 Å². The van der Waals surface area contributed by atoms with Gasteiger partial charge >= 0.3 is 0 Å². The molecule has 3 rings (SSSR count). The van der Waals surface area contributed by atoms with Crippen LogP contribution in [0.2, 0.25) is 10.0 Å². The minimum atomic E-state index is -0.568. The summed E-state index contributed by atoms with van der Waals surface area (Å²) in [4.78, 5) is 12.6. The number of rotatable bonds is 6. The number of amides is 1. The number of nitrogens with one attached hydrogen (secondary N) is 1. The van der Waals surface area contributed by atoms with Gasteiger partial charge in [-0.2, -0.15) is 5.26 Å². The number of nitrogens with zero attached hydrogens (tertiary/aromatic N) is 1. The van der Waals surface area contributed by atoms with Crippen molar-refractivity contribution in [2.45, 2.75) is 13.5 Å². The first-order valence-electron chi connectivity index (χ1n) is 9.33. The minimum absolute atomic E-state index is 0.0546. The molecule has 0 heterocycles. The van der Waals surface area contributed by atoms with Gasteiger partial charge in [-0.05, 0) is 93.6 Å². The van der Waals surface area contributed by atoms with Crippen molar-refractivity contribution in [3.8, 4) is 11.8 Å².